The molecule has 1 aliphatic rings. The van der Waals surface area contributed by atoms with Crippen LogP contribution in [-0.4, -0.2) is 13.2 Å². The standard InChI is InChI=1S/C19H25NO3.2C2H6/c1-3-4-5-10-22-19-13(2)16-9-8-15(20-12-14-6-7-14)11-17(16)18(21)23-19;2*1-2/h8-9,11,14,20H,3-7,10,12H2,1-2H3;2*1-2H3. The Kier molecular flexibility index (Phi) is 10.6. The number of rotatable bonds is 8. The van der Waals surface area contributed by atoms with Crippen LogP contribution in [0.1, 0.15) is 72.3 Å². The minimum atomic E-state index is -0.328. The number of unbranched alkanes of at least 4 members (excludes halogenated alkanes) is 2. The monoisotopic (exact) mass is 375 g/mol. The smallest absolute Gasteiger partial charge is 0.346 e. The normalized spacial score (nSPS) is 12.5. The van der Waals surface area contributed by atoms with Crippen molar-refractivity contribution < 1.29 is 9.15 Å². The fourth-order valence-electron chi connectivity index (χ4n) is 2.71. The topological polar surface area (TPSA) is 51.5 Å². The largest absolute Gasteiger partial charge is 0.465 e. The van der Waals surface area contributed by atoms with E-state index in [1.807, 2.05) is 52.8 Å². The Morgan fingerprint density at radius 1 is 1.11 bits per heavy atom. The molecule has 2 aromatic rings. The van der Waals surface area contributed by atoms with E-state index in [-0.39, 0.29) is 5.63 Å². The van der Waals surface area contributed by atoms with Gasteiger partial charge in [-0.1, -0.05) is 53.5 Å². The number of hydrogen-bond donors (Lipinski definition) is 1. The van der Waals surface area contributed by atoms with Crippen LogP contribution in [0.2, 0.25) is 0 Å². The molecule has 1 aliphatic carbocycles. The maximum Gasteiger partial charge on any atom is 0.346 e. The molecule has 0 spiro atoms. The lowest BCUT2D eigenvalue weighted by molar-refractivity contribution is 0.224. The van der Waals surface area contributed by atoms with E-state index >= 15 is 0 Å². The number of benzene rings is 1. The Balaban J connectivity index is 0.000000855. The van der Waals surface area contributed by atoms with E-state index in [2.05, 4.69) is 12.2 Å². The molecule has 1 fully saturated rings. The zero-order valence-corrected chi connectivity index (χ0v) is 18.0. The van der Waals surface area contributed by atoms with E-state index in [9.17, 15) is 4.79 Å². The van der Waals surface area contributed by atoms with Crippen molar-refractivity contribution in [1.29, 1.82) is 0 Å². The quantitative estimate of drug-likeness (QED) is 0.532. The summed E-state index contributed by atoms with van der Waals surface area (Å²) in [7, 11) is 0. The van der Waals surface area contributed by atoms with Gasteiger partial charge in [0.1, 0.15) is 0 Å². The van der Waals surface area contributed by atoms with Crippen LogP contribution in [-0.2, 0) is 0 Å². The zero-order chi connectivity index (χ0) is 20.2. The van der Waals surface area contributed by atoms with Crippen molar-refractivity contribution in [2.45, 2.75) is 73.6 Å². The fourth-order valence-corrected chi connectivity index (χ4v) is 2.71. The first-order chi connectivity index (χ1) is 13.2. The third kappa shape index (κ3) is 6.93. The minimum absolute atomic E-state index is 0.328. The molecule has 0 aliphatic heterocycles. The number of ether oxygens (including phenoxy) is 1. The molecule has 0 saturated heterocycles. The van der Waals surface area contributed by atoms with Gasteiger partial charge in [0, 0.05) is 17.8 Å². The fraction of sp³-hybridized carbons (Fsp3) is 0.609. The van der Waals surface area contributed by atoms with Crippen LogP contribution >= 0.6 is 0 Å². The minimum Gasteiger partial charge on any atom is -0.465 e. The van der Waals surface area contributed by atoms with E-state index < -0.39 is 0 Å². The second-order valence-corrected chi connectivity index (χ2v) is 6.44. The molecule has 152 valence electrons. The first kappa shape index (κ1) is 23.1. The number of fused-ring (bicyclic) bond motifs is 1. The van der Waals surface area contributed by atoms with Gasteiger partial charge >= 0.3 is 5.63 Å². The van der Waals surface area contributed by atoms with Crippen LogP contribution in [0.25, 0.3) is 10.8 Å². The van der Waals surface area contributed by atoms with E-state index in [0.29, 0.717) is 17.9 Å². The molecule has 4 heteroatoms. The molecule has 1 aromatic carbocycles. The Morgan fingerprint density at radius 2 is 1.81 bits per heavy atom. The van der Waals surface area contributed by atoms with Crippen molar-refractivity contribution in [3.63, 3.8) is 0 Å². The molecule has 1 N–H and O–H groups in total. The third-order valence-electron chi connectivity index (χ3n) is 4.41. The van der Waals surface area contributed by atoms with Gasteiger partial charge in [0.2, 0.25) is 0 Å². The molecule has 0 radical (unpaired) electrons. The average molecular weight is 376 g/mol. The maximum atomic E-state index is 12.3. The Bertz CT molecular complexity index is 732. The summed E-state index contributed by atoms with van der Waals surface area (Å²) in [6, 6.07) is 5.89. The van der Waals surface area contributed by atoms with Gasteiger partial charge in [-0.2, -0.15) is 0 Å². The second kappa shape index (κ2) is 12.4. The van der Waals surface area contributed by atoms with Crippen LogP contribution < -0.4 is 15.7 Å². The predicted octanol–water partition coefficient (Wildman–Crippen LogP) is 6.54. The maximum absolute atomic E-state index is 12.3. The summed E-state index contributed by atoms with van der Waals surface area (Å²) in [5.41, 5.74) is 1.55. The molecule has 4 nitrogen and oxygen atoms in total. The summed E-state index contributed by atoms with van der Waals surface area (Å²) in [6.07, 6.45) is 5.84. The first-order valence-corrected chi connectivity index (χ1v) is 10.6. The predicted molar refractivity (Wildman–Crippen MR) is 116 cm³/mol. The lowest BCUT2D eigenvalue weighted by Crippen LogP contribution is -2.08. The second-order valence-electron chi connectivity index (χ2n) is 6.44. The highest BCUT2D eigenvalue weighted by molar-refractivity contribution is 5.88. The average Bonchev–Trinajstić information content (AvgIpc) is 3.55. The number of aryl methyl sites for hydroxylation is 1. The van der Waals surface area contributed by atoms with E-state index in [4.69, 9.17) is 9.15 Å². The van der Waals surface area contributed by atoms with Crippen LogP contribution in [0, 0.1) is 12.8 Å². The van der Waals surface area contributed by atoms with Gasteiger partial charge in [-0.15, -0.1) is 0 Å². The zero-order valence-electron chi connectivity index (χ0n) is 18.0. The summed E-state index contributed by atoms with van der Waals surface area (Å²) >= 11 is 0. The van der Waals surface area contributed by atoms with Crippen molar-refractivity contribution in [2.24, 2.45) is 5.92 Å². The van der Waals surface area contributed by atoms with Crippen molar-refractivity contribution in [3.05, 3.63) is 34.2 Å². The molecule has 1 aromatic heterocycles. The van der Waals surface area contributed by atoms with E-state index in [1.165, 1.54) is 12.8 Å². The van der Waals surface area contributed by atoms with E-state index in [1.54, 1.807) is 0 Å². The molecular formula is C23H37NO3. The molecule has 0 amide bonds. The number of hydrogen-bond acceptors (Lipinski definition) is 4. The number of anilines is 1. The molecule has 27 heavy (non-hydrogen) atoms. The van der Waals surface area contributed by atoms with Crippen LogP contribution in [0.4, 0.5) is 5.69 Å². The van der Waals surface area contributed by atoms with Gasteiger partial charge in [-0.05, 0) is 49.6 Å². The third-order valence-corrected chi connectivity index (χ3v) is 4.41. The summed E-state index contributed by atoms with van der Waals surface area (Å²) in [6.45, 7) is 13.7. The van der Waals surface area contributed by atoms with Gasteiger partial charge in [-0.25, -0.2) is 4.79 Å². The highest BCUT2D eigenvalue weighted by Gasteiger charge is 2.20. The van der Waals surface area contributed by atoms with E-state index in [0.717, 1.165) is 48.4 Å². The summed E-state index contributed by atoms with van der Waals surface area (Å²) in [4.78, 5) is 12.3. The van der Waals surface area contributed by atoms with Crippen molar-refractivity contribution in [3.8, 4) is 5.95 Å². The molecule has 3 rings (SSSR count). The van der Waals surface area contributed by atoms with Crippen LogP contribution in [0.15, 0.2) is 27.4 Å². The van der Waals surface area contributed by atoms with Crippen molar-refractivity contribution in [2.75, 3.05) is 18.5 Å². The SMILES string of the molecule is CC.CC.CCCCCOc1oc(=O)c2cc(NCC3CC3)ccc2c1C. The van der Waals surface area contributed by atoms with Crippen molar-refractivity contribution >= 4 is 16.5 Å². The highest BCUT2D eigenvalue weighted by Crippen LogP contribution is 2.30. The number of nitrogens with one attached hydrogen (secondary N) is 1. The van der Waals surface area contributed by atoms with Gasteiger partial charge in [-0.3, -0.25) is 0 Å². The lowest BCUT2D eigenvalue weighted by atomic mass is 10.1. The molecule has 1 saturated carbocycles. The van der Waals surface area contributed by atoms with Crippen LogP contribution in [0.3, 0.4) is 0 Å². The first-order valence-electron chi connectivity index (χ1n) is 10.6. The Morgan fingerprint density at radius 3 is 2.44 bits per heavy atom. The Labute approximate surface area is 164 Å². The Hall–Kier alpha value is -1.97. The summed E-state index contributed by atoms with van der Waals surface area (Å²) in [5.74, 6) is 1.15. The van der Waals surface area contributed by atoms with Gasteiger partial charge in [0.15, 0.2) is 0 Å². The van der Waals surface area contributed by atoms with Crippen molar-refractivity contribution in [1.82, 2.24) is 0 Å². The van der Waals surface area contributed by atoms with Gasteiger partial charge in [0.25, 0.3) is 5.95 Å². The summed E-state index contributed by atoms with van der Waals surface area (Å²) < 4.78 is 11.1. The summed E-state index contributed by atoms with van der Waals surface area (Å²) in [5, 5.41) is 4.92. The van der Waals surface area contributed by atoms with Crippen LogP contribution in [0.5, 0.6) is 5.95 Å². The molecule has 0 unspecified atom stereocenters. The molecular weight excluding hydrogens is 338 g/mol. The lowest BCUT2D eigenvalue weighted by Gasteiger charge is -2.11. The molecule has 0 atom stereocenters. The molecule has 0 bridgehead atoms. The highest BCUT2D eigenvalue weighted by atomic mass is 16.6. The van der Waals surface area contributed by atoms with Gasteiger partial charge < -0.3 is 14.5 Å². The molecule has 1 heterocycles. The van der Waals surface area contributed by atoms with Gasteiger partial charge in [0.05, 0.1) is 12.0 Å².